The minimum atomic E-state index is -5.27. The van der Waals surface area contributed by atoms with Crippen LogP contribution in [0.2, 0.25) is 0 Å². The van der Waals surface area contributed by atoms with Gasteiger partial charge in [-0.15, -0.1) is 0 Å². The largest absolute Gasteiger partial charge is 0.400 e. The maximum atomic E-state index is 11.8. The highest BCUT2D eigenvalue weighted by atomic mass is 19.4. The van der Waals surface area contributed by atoms with Crippen LogP contribution in [0, 0.1) is 5.92 Å². The van der Waals surface area contributed by atoms with Crippen LogP contribution in [0.1, 0.15) is 13.3 Å². The molecule has 0 spiro atoms. The number of rotatable bonds is 2. The second-order valence-corrected chi connectivity index (χ2v) is 2.85. The summed E-state index contributed by atoms with van der Waals surface area (Å²) in [6.07, 6.45) is -11.7. The van der Waals surface area contributed by atoms with E-state index in [-0.39, 0.29) is 0 Å². The van der Waals surface area contributed by atoms with Gasteiger partial charge in [0.1, 0.15) is 0 Å². The zero-order valence-corrected chi connectivity index (χ0v) is 6.71. The molecule has 0 rings (SSSR count). The van der Waals surface area contributed by atoms with E-state index in [0.29, 0.717) is 0 Å². The summed E-state index contributed by atoms with van der Waals surface area (Å²) >= 11 is 0. The highest BCUT2D eigenvalue weighted by Crippen LogP contribution is 2.41. The summed E-state index contributed by atoms with van der Waals surface area (Å²) in [7, 11) is 0. The second-order valence-electron chi connectivity index (χ2n) is 2.85. The molecule has 0 aromatic carbocycles. The molecule has 1 nitrogen and oxygen atoms in total. The van der Waals surface area contributed by atoms with Crippen molar-refractivity contribution in [2.75, 3.05) is 0 Å². The summed E-state index contributed by atoms with van der Waals surface area (Å²) in [4.78, 5) is 0. The molecule has 0 heterocycles. The van der Waals surface area contributed by atoms with Crippen LogP contribution in [-0.4, -0.2) is 18.4 Å². The summed E-state index contributed by atoms with van der Waals surface area (Å²) in [5.41, 5.74) is 4.89. The van der Waals surface area contributed by atoms with Crippen molar-refractivity contribution in [3.05, 3.63) is 0 Å². The van der Waals surface area contributed by atoms with E-state index in [2.05, 4.69) is 0 Å². The molecule has 0 aliphatic carbocycles. The summed E-state index contributed by atoms with van der Waals surface area (Å²) in [5, 5.41) is 0. The first kappa shape index (κ1) is 12.5. The highest BCUT2D eigenvalue weighted by Gasteiger charge is 2.56. The van der Waals surface area contributed by atoms with Crippen molar-refractivity contribution in [3.8, 4) is 0 Å². The molecule has 0 amide bonds. The van der Waals surface area contributed by atoms with Gasteiger partial charge in [0.2, 0.25) is 0 Å². The average Bonchev–Trinajstić information content (AvgIpc) is 1.77. The van der Waals surface area contributed by atoms with Gasteiger partial charge in [-0.1, -0.05) is 0 Å². The van der Waals surface area contributed by atoms with Gasteiger partial charge in [-0.25, -0.2) is 0 Å². The molecule has 13 heavy (non-hydrogen) atoms. The number of hydrogen-bond acceptors (Lipinski definition) is 1. The van der Waals surface area contributed by atoms with Crippen molar-refractivity contribution < 1.29 is 26.3 Å². The van der Waals surface area contributed by atoms with Gasteiger partial charge in [0.05, 0.1) is 0 Å². The standard InChI is InChI=1S/C6H9F6N/c1-3(13)2-4(5(7,8)9)6(10,11)12/h3-4H,2,13H2,1H3/t3-/m1/s1. The maximum absolute atomic E-state index is 11.8. The minimum absolute atomic E-state index is 1.10. The van der Waals surface area contributed by atoms with Crippen LogP contribution in [0.3, 0.4) is 0 Å². The van der Waals surface area contributed by atoms with Gasteiger partial charge in [0.25, 0.3) is 0 Å². The molecule has 0 saturated heterocycles. The Labute approximate surface area is 70.9 Å². The molecule has 0 bridgehead atoms. The molecule has 0 aliphatic heterocycles. The molecular weight excluding hydrogens is 200 g/mol. The quantitative estimate of drug-likeness (QED) is 0.694. The molecule has 0 fully saturated rings. The Bertz CT molecular complexity index is 143. The van der Waals surface area contributed by atoms with Crippen LogP contribution >= 0.6 is 0 Å². The Hall–Kier alpha value is -0.460. The maximum Gasteiger partial charge on any atom is 0.400 e. The van der Waals surface area contributed by atoms with E-state index in [1.165, 1.54) is 0 Å². The normalized spacial score (nSPS) is 16.4. The molecule has 0 aliphatic rings. The lowest BCUT2D eigenvalue weighted by atomic mass is 10.0. The zero-order valence-electron chi connectivity index (χ0n) is 6.71. The molecule has 0 radical (unpaired) electrons. The van der Waals surface area contributed by atoms with Crippen molar-refractivity contribution in [2.45, 2.75) is 31.7 Å². The van der Waals surface area contributed by atoms with Crippen LogP contribution in [0.25, 0.3) is 0 Å². The van der Waals surface area contributed by atoms with Gasteiger partial charge >= 0.3 is 12.4 Å². The Morgan fingerprint density at radius 2 is 1.31 bits per heavy atom. The summed E-state index contributed by atoms with van der Waals surface area (Å²) in [6.45, 7) is 1.10. The van der Waals surface area contributed by atoms with Crippen LogP contribution in [0.5, 0.6) is 0 Å². The Balaban J connectivity index is 4.58. The van der Waals surface area contributed by atoms with E-state index in [1.54, 1.807) is 0 Å². The molecule has 2 N–H and O–H groups in total. The number of hydrogen-bond donors (Lipinski definition) is 1. The van der Waals surface area contributed by atoms with E-state index in [1.807, 2.05) is 0 Å². The summed E-state index contributed by atoms with van der Waals surface area (Å²) in [6, 6.07) is -1.13. The third kappa shape index (κ3) is 4.35. The minimum Gasteiger partial charge on any atom is -0.328 e. The van der Waals surface area contributed by atoms with Crippen LogP contribution < -0.4 is 5.73 Å². The number of nitrogens with two attached hydrogens (primary N) is 1. The van der Waals surface area contributed by atoms with Gasteiger partial charge in [-0.2, -0.15) is 26.3 Å². The second kappa shape index (κ2) is 3.73. The molecule has 1 atom stereocenters. The lowest BCUT2D eigenvalue weighted by molar-refractivity contribution is -0.286. The van der Waals surface area contributed by atoms with Gasteiger partial charge < -0.3 is 5.73 Å². The average molecular weight is 209 g/mol. The number of alkyl halides is 6. The van der Waals surface area contributed by atoms with Gasteiger partial charge in [-0.05, 0) is 13.3 Å². The first-order valence-corrected chi connectivity index (χ1v) is 3.44. The number of halogens is 6. The van der Waals surface area contributed by atoms with Crippen LogP contribution in [0.4, 0.5) is 26.3 Å². The third-order valence-corrected chi connectivity index (χ3v) is 1.40. The predicted molar refractivity (Wildman–Crippen MR) is 33.9 cm³/mol. The van der Waals surface area contributed by atoms with E-state index in [0.717, 1.165) is 6.92 Å². The van der Waals surface area contributed by atoms with Crippen LogP contribution in [0.15, 0.2) is 0 Å². The first-order chi connectivity index (χ1) is 5.55. The highest BCUT2D eigenvalue weighted by molar-refractivity contribution is 4.78. The van der Waals surface area contributed by atoms with E-state index >= 15 is 0 Å². The van der Waals surface area contributed by atoms with Crippen LogP contribution in [-0.2, 0) is 0 Å². The monoisotopic (exact) mass is 209 g/mol. The lowest BCUT2D eigenvalue weighted by Crippen LogP contribution is -2.40. The van der Waals surface area contributed by atoms with E-state index < -0.39 is 30.7 Å². The third-order valence-electron chi connectivity index (χ3n) is 1.40. The molecule has 0 aromatic rings. The van der Waals surface area contributed by atoms with Crippen molar-refractivity contribution in [1.82, 2.24) is 0 Å². The molecule has 0 aromatic heterocycles. The first-order valence-electron chi connectivity index (χ1n) is 3.44. The van der Waals surface area contributed by atoms with Crippen molar-refractivity contribution in [2.24, 2.45) is 11.7 Å². The fourth-order valence-electron chi connectivity index (χ4n) is 0.825. The topological polar surface area (TPSA) is 26.0 Å². The predicted octanol–water partition coefficient (Wildman–Crippen LogP) is 2.46. The van der Waals surface area contributed by atoms with Gasteiger partial charge in [0.15, 0.2) is 5.92 Å². The lowest BCUT2D eigenvalue weighted by Gasteiger charge is -2.24. The van der Waals surface area contributed by atoms with E-state index in [9.17, 15) is 26.3 Å². The van der Waals surface area contributed by atoms with Crippen molar-refractivity contribution >= 4 is 0 Å². The fraction of sp³-hybridized carbons (Fsp3) is 1.00. The molecular formula is C6H9F6N. The van der Waals surface area contributed by atoms with Crippen molar-refractivity contribution in [1.29, 1.82) is 0 Å². The Morgan fingerprint density at radius 1 is 1.00 bits per heavy atom. The SMILES string of the molecule is C[C@@H](N)CC(C(F)(F)F)C(F)(F)F. The summed E-state index contributed by atoms with van der Waals surface area (Å²) < 4.78 is 70.8. The fourth-order valence-corrected chi connectivity index (χ4v) is 0.825. The van der Waals surface area contributed by atoms with Crippen molar-refractivity contribution in [3.63, 3.8) is 0 Å². The summed E-state index contributed by atoms with van der Waals surface area (Å²) in [5.74, 6) is -3.32. The smallest absolute Gasteiger partial charge is 0.328 e. The van der Waals surface area contributed by atoms with E-state index in [4.69, 9.17) is 5.73 Å². The molecule has 0 saturated carbocycles. The van der Waals surface area contributed by atoms with Gasteiger partial charge in [0, 0.05) is 6.04 Å². The zero-order chi connectivity index (χ0) is 10.9. The molecule has 80 valence electrons. The van der Waals surface area contributed by atoms with Gasteiger partial charge in [-0.3, -0.25) is 0 Å². The Morgan fingerprint density at radius 3 is 1.38 bits per heavy atom. The Kier molecular flexibility index (Phi) is 3.60. The molecule has 7 heteroatoms. The molecule has 0 unspecified atom stereocenters.